The fraction of sp³-hybridized carbons (Fsp3) is 0.222. The number of aliphatic imine (C=N–C) groups is 1. The maximum absolute atomic E-state index is 5.89. The molecule has 0 saturated carbocycles. The van der Waals surface area contributed by atoms with Crippen LogP contribution in [0.3, 0.4) is 0 Å². The van der Waals surface area contributed by atoms with E-state index in [-0.39, 0.29) is 0 Å². The van der Waals surface area contributed by atoms with Gasteiger partial charge < -0.3 is 4.74 Å². The predicted molar refractivity (Wildman–Crippen MR) is 56.5 cm³/mol. The molecule has 2 rings (SSSR count). The normalized spacial score (nSPS) is 15.4. The zero-order chi connectivity index (χ0) is 9.26. The van der Waals surface area contributed by atoms with Crippen LogP contribution in [0.25, 0.3) is 0 Å². The fourth-order valence-electron chi connectivity index (χ4n) is 1.19. The molecule has 68 valence electrons. The van der Waals surface area contributed by atoms with Crippen LogP contribution >= 0.6 is 27.5 Å². The monoisotopic (exact) mass is 259 g/mol. The first-order chi connectivity index (χ1) is 6.25. The second-order valence-corrected chi connectivity index (χ2v) is 4.05. The summed E-state index contributed by atoms with van der Waals surface area (Å²) < 4.78 is 6.26. The quantitative estimate of drug-likeness (QED) is 0.761. The summed E-state index contributed by atoms with van der Waals surface area (Å²) in [6, 6.07) is 5.62. The van der Waals surface area contributed by atoms with Crippen LogP contribution in [0.2, 0.25) is 5.02 Å². The Balaban J connectivity index is 2.39. The van der Waals surface area contributed by atoms with Crippen LogP contribution in [0.5, 0.6) is 0 Å². The molecule has 0 aromatic heterocycles. The second kappa shape index (κ2) is 3.68. The molecule has 1 aliphatic rings. The molecule has 2 nitrogen and oxygen atoms in total. The smallest absolute Gasteiger partial charge is 0.216 e. The summed E-state index contributed by atoms with van der Waals surface area (Å²) in [4.78, 5) is 4.20. The van der Waals surface area contributed by atoms with E-state index in [9.17, 15) is 0 Å². The summed E-state index contributed by atoms with van der Waals surface area (Å²) in [5, 5.41) is 0.683. The van der Waals surface area contributed by atoms with Crippen molar-refractivity contribution in [3.8, 4) is 0 Å². The van der Waals surface area contributed by atoms with E-state index in [0.29, 0.717) is 17.5 Å². The van der Waals surface area contributed by atoms with Crippen molar-refractivity contribution in [2.45, 2.75) is 0 Å². The molecule has 0 bridgehead atoms. The molecule has 0 radical (unpaired) electrons. The third-order valence-corrected chi connectivity index (χ3v) is 2.37. The van der Waals surface area contributed by atoms with Crippen molar-refractivity contribution in [3.05, 3.63) is 33.3 Å². The molecule has 0 N–H and O–H groups in total. The van der Waals surface area contributed by atoms with Gasteiger partial charge in [0.15, 0.2) is 0 Å². The number of hydrogen-bond acceptors (Lipinski definition) is 2. The van der Waals surface area contributed by atoms with Gasteiger partial charge in [-0.1, -0.05) is 27.5 Å². The van der Waals surface area contributed by atoms with E-state index in [0.717, 1.165) is 16.6 Å². The first-order valence-electron chi connectivity index (χ1n) is 3.89. The average molecular weight is 261 g/mol. The third-order valence-electron chi connectivity index (χ3n) is 1.69. The van der Waals surface area contributed by atoms with E-state index in [4.69, 9.17) is 16.3 Å². The minimum absolute atomic E-state index is 0.666. The molecule has 1 heterocycles. The standard InChI is InChI=1S/C9H7BrClNO/c10-7-3-6(4-8(11)5-7)9-12-1-2-13-9/h3-5H,1-2H2. The Hall–Kier alpha value is -0.540. The van der Waals surface area contributed by atoms with E-state index in [1.807, 2.05) is 18.2 Å². The van der Waals surface area contributed by atoms with E-state index < -0.39 is 0 Å². The van der Waals surface area contributed by atoms with E-state index in [1.165, 1.54) is 0 Å². The lowest BCUT2D eigenvalue weighted by Crippen LogP contribution is -2.00. The number of nitrogens with zero attached hydrogens (tertiary/aromatic N) is 1. The number of halogens is 2. The Morgan fingerprint density at radius 2 is 2.23 bits per heavy atom. The van der Waals surface area contributed by atoms with Crippen molar-refractivity contribution in [2.75, 3.05) is 13.2 Å². The average Bonchev–Trinajstić information content (AvgIpc) is 2.53. The van der Waals surface area contributed by atoms with Crippen molar-refractivity contribution in [1.29, 1.82) is 0 Å². The summed E-state index contributed by atoms with van der Waals surface area (Å²) in [5.41, 5.74) is 0.928. The number of rotatable bonds is 1. The van der Waals surface area contributed by atoms with Crippen molar-refractivity contribution in [3.63, 3.8) is 0 Å². The summed E-state index contributed by atoms with van der Waals surface area (Å²) >= 11 is 9.25. The zero-order valence-corrected chi connectivity index (χ0v) is 9.10. The Bertz CT molecular complexity index is 344. The van der Waals surface area contributed by atoms with Gasteiger partial charge in [-0.2, -0.15) is 0 Å². The summed E-state index contributed by atoms with van der Waals surface area (Å²) in [6.07, 6.45) is 0. The van der Waals surface area contributed by atoms with Crippen LogP contribution in [0.1, 0.15) is 5.56 Å². The van der Waals surface area contributed by atoms with Gasteiger partial charge in [0, 0.05) is 15.1 Å². The zero-order valence-electron chi connectivity index (χ0n) is 6.76. The molecular weight excluding hydrogens is 253 g/mol. The first-order valence-corrected chi connectivity index (χ1v) is 5.06. The van der Waals surface area contributed by atoms with Crippen molar-refractivity contribution in [2.24, 2.45) is 4.99 Å². The van der Waals surface area contributed by atoms with Gasteiger partial charge in [-0.15, -0.1) is 0 Å². The minimum Gasteiger partial charge on any atom is -0.476 e. The molecule has 1 aromatic rings. The highest BCUT2D eigenvalue weighted by Crippen LogP contribution is 2.21. The molecule has 0 fully saturated rings. The van der Waals surface area contributed by atoms with E-state index in [1.54, 1.807) is 0 Å². The van der Waals surface area contributed by atoms with Crippen molar-refractivity contribution < 1.29 is 4.74 Å². The second-order valence-electron chi connectivity index (χ2n) is 2.69. The summed E-state index contributed by atoms with van der Waals surface area (Å²) in [6.45, 7) is 1.40. The van der Waals surface area contributed by atoms with Gasteiger partial charge in [0.05, 0.1) is 6.54 Å². The lowest BCUT2D eigenvalue weighted by molar-refractivity contribution is 0.348. The van der Waals surface area contributed by atoms with Gasteiger partial charge in [-0.05, 0) is 18.2 Å². The molecular formula is C9H7BrClNO. The highest BCUT2D eigenvalue weighted by molar-refractivity contribution is 9.10. The molecule has 0 saturated heterocycles. The Morgan fingerprint density at radius 1 is 1.38 bits per heavy atom. The van der Waals surface area contributed by atoms with Crippen LogP contribution in [0, 0.1) is 0 Å². The minimum atomic E-state index is 0.666. The Kier molecular flexibility index (Phi) is 2.56. The molecule has 0 aliphatic carbocycles. The topological polar surface area (TPSA) is 21.6 Å². The summed E-state index contributed by atoms with van der Waals surface area (Å²) in [5.74, 6) is 0.684. The lowest BCUT2D eigenvalue weighted by Gasteiger charge is -2.02. The molecule has 4 heteroatoms. The van der Waals surface area contributed by atoms with Crippen molar-refractivity contribution >= 4 is 33.4 Å². The third kappa shape index (κ3) is 2.03. The van der Waals surface area contributed by atoms with E-state index in [2.05, 4.69) is 20.9 Å². The van der Waals surface area contributed by atoms with Crippen LogP contribution < -0.4 is 0 Å². The molecule has 0 unspecified atom stereocenters. The molecule has 0 amide bonds. The summed E-state index contributed by atoms with van der Waals surface area (Å²) in [7, 11) is 0. The Morgan fingerprint density at radius 3 is 2.85 bits per heavy atom. The molecule has 0 atom stereocenters. The van der Waals surface area contributed by atoms with Gasteiger partial charge in [-0.25, -0.2) is 4.99 Å². The first kappa shape index (κ1) is 9.03. The van der Waals surface area contributed by atoms with Crippen LogP contribution in [-0.2, 0) is 4.74 Å². The fourth-order valence-corrected chi connectivity index (χ4v) is 2.05. The number of ether oxygens (including phenoxy) is 1. The molecule has 0 spiro atoms. The van der Waals surface area contributed by atoms with Crippen LogP contribution in [0.4, 0.5) is 0 Å². The highest BCUT2D eigenvalue weighted by atomic mass is 79.9. The molecule has 1 aromatic carbocycles. The van der Waals surface area contributed by atoms with Gasteiger partial charge in [-0.3, -0.25) is 0 Å². The van der Waals surface area contributed by atoms with Gasteiger partial charge in [0.1, 0.15) is 6.61 Å². The predicted octanol–water partition coefficient (Wildman–Crippen LogP) is 2.88. The van der Waals surface area contributed by atoms with Crippen LogP contribution in [0.15, 0.2) is 27.7 Å². The lowest BCUT2D eigenvalue weighted by atomic mass is 10.2. The van der Waals surface area contributed by atoms with Gasteiger partial charge in [0.2, 0.25) is 5.90 Å². The van der Waals surface area contributed by atoms with Crippen LogP contribution in [-0.4, -0.2) is 19.0 Å². The van der Waals surface area contributed by atoms with Crippen molar-refractivity contribution in [1.82, 2.24) is 0 Å². The maximum Gasteiger partial charge on any atom is 0.216 e. The molecule has 1 aliphatic heterocycles. The maximum atomic E-state index is 5.89. The largest absolute Gasteiger partial charge is 0.476 e. The SMILES string of the molecule is Clc1cc(Br)cc(C2=NCCO2)c1. The number of benzene rings is 1. The number of hydrogen-bond donors (Lipinski definition) is 0. The van der Waals surface area contributed by atoms with Gasteiger partial charge in [0.25, 0.3) is 0 Å². The highest BCUT2D eigenvalue weighted by Gasteiger charge is 2.11. The molecule has 13 heavy (non-hydrogen) atoms. The van der Waals surface area contributed by atoms with E-state index >= 15 is 0 Å². The Labute approximate surface area is 89.7 Å². The van der Waals surface area contributed by atoms with Gasteiger partial charge >= 0.3 is 0 Å².